The summed E-state index contributed by atoms with van der Waals surface area (Å²) in [4.78, 5) is 14.9. The zero-order valence-electron chi connectivity index (χ0n) is 16.5. The molecule has 9 heteroatoms. The van der Waals surface area contributed by atoms with E-state index < -0.39 is 22.0 Å². The van der Waals surface area contributed by atoms with Crippen LogP contribution in [0.4, 0.5) is 11.4 Å². The topological polar surface area (TPSA) is 75.7 Å². The highest BCUT2D eigenvalue weighted by atomic mass is 35.5. The summed E-state index contributed by atoms with van der Waals surface area (Å²) >= 11 is 7.54. The van der Waals surface area contributed by atoms with E-state index in [1.807, 2.05) is 48.5 Å². The molecular formula is C22H19ClN2O4S2. The second-order valence-electron chi connectivity index (χ2n) is 6.91. The van der Waals surface area contributed by atoms with Crippen LogP contribution in [0.2, 0.25) is 5.02 Å². The fraction of sp³-hybridized carbons (Fsp3) is 0.136. The van der Waals surface area contributed by atoms with Crippen LogP contribution in [-0.2, 0) is 14.8 Å². The first-order valence-corrected chi connectivity index (χ1v) is 12.4. The second-order valence-corrected chi connectivity index (χ2v) is 10.4. The van der Waals surface area contributed by atoms with E-state index in [2.05, 4.69) is 5.32 Å². The van der Waals surface area contributed by atoms with Gasteiger partial charge < -0.3 is 10.1 Å². The maximum atomic E-state index is 13.0. The van der Waals surface area contributed by atoms with Gasteiger partial charge in [-0.25, -0.2) is 8.42 Å². The summed E-state index contributed by atoms with van der Waals surface area (Å²) < 4.78 is 31.6. The lowest BCUT2D eigenvalue weighted by atomic mass is 10.2. The van der Waals surface area contributed by atoms with Crippen LogP contribution < -0.4 is 14.4 Å². The van der Waals surface area contributed by atoms with Gasteiger partial charge in [0.15, 0.2) is 6.10 Å². The van der Waals surface area contributed by atoms with Gasteiger partial charge in [0.25, 0.3) is 5.91 Å². The third kappa shape index (κ3) is 4.98. The summed E-state index contributed by atoms with van der Waals surface area (Å²) in [6.07, 6.45) is 0.0715. The lowest BCUT2D eigenvalue weighted by molar-refractivity contribution is -0.122. The molecule has 4 rings (SSSR count). The van der Waals surface area contributed by atoms with E-state index in [4.69, 9.17) is 16.3 Å². The third-order valence-corrected chi connectivity index (χ3v) is 7.06. The molecule has 160 valence electrons. The number of carbonyl (C=O) groups excluding carboxylic acids is 1. The number of ether oxygens (including phenoxy) is 1. The number of rotatable bonds is 5. The number of para-hydroxylation sites is 1. The largest absolute Gasteiger partial charge is 0.476 e. The van der Waals surface area contributed by atoms with Crippen LogP contribution in [0.5, 0.6) is 5.75 Å². The first-order chi connectivity index (χ1) is 14.8. The number of carbonyl (C=O) groups is 1. The summed E-state index contributed by atoms with van der Waals surface area (Å²) in [5, 5.41) is 3.26. The Labute approximate surface area is 190 Å². The molecule has 0 radical (unpaired) electrons. The number of anilines is 2. The van der Waals surface area contributed by atoms with Crippen LogP contribution in [0.25, 0.3) is 0 Å². The van der Waals surface area contributed by atoms with Crippen molar-refractivity contribution in [2.45, 2.75) is 15.9 Å². The SMILES string of the molecule is CS(=O)(=O)N1C[C@H](C(=O)Nc2ccccc2Sc2ccccc2)Oc2ccc(Cl)cc21. The van der Waals surface area contributed by atoms with Crippen LogP contribution in [0.1, 0.15) is 0 Å². The number of sulfonamides is 1. The van der Waals surface area contributed by atoms with Crippen molar-refractivity contribution in [3.8, 4) is 5.75 Å². The Kier molecular flexibility index (Phi) is 6.13. The average Bonchev–Trinajstić information content (AvgIpc) is 2.74. The van der Waals surface area contributed by atoms with Crippen molar-refractivity contribution in [3.05, 3.63) is 77.8 Å². The molecule has 0 aromatic heterocycles. The fourth-order valence-electron chi connectivity index (χ4n) is 3.16. The van der Waals surface area contributed by atoms with Gasteiger partial charge in [0.05, 0.1) is 24.2 Å². The van der Waals surface area contributed by atoms with Crippen molar-refractivity contribution in [2.75, 3.05) is 22.4 Å². The molecule has 1 amide bonds. The minimum atomic E-state index is -3.63. The minimum Gasteiger partial charge on any atom is -0.476 e. The number of fused-ring (bicyclic) bond motifs is 1. The fourth-order valence-corrected chi connectivity index (χ4v) is 5.16. The summed E-state index contributed by atoms with van der Waals surface area (Å²) in [6.45, 7) is -0.147. The average molecular weight is 475 g/mol. The van der Waals surface area contributed by atoms with Crippen molar-refractivity contribution in [1.29, 1.82) is 0 Å². The van der Waals surface area contributed by atoms with Gasteiger partial charge in [-0.15, -0.1) is 0 Å². The lowest BCUT2D eigenvalue weighted by Gasteiger charge is -2.34. The molecule has 1 aliphatic heterocycles. The van der Waals surface area contributed by atoms with Crippen molar-refractivity contribution >= 4 is 50.7 Å². The Morgan fingerprint density at radius 1 is 1.10 bits per heavy atom. The number of hydrogen-bond acceptors (Lipinski definition) is 5. The lowest BCUT2D eigenvalue weighted by Crippen LogP contribution is -2.48. The molecule has 3 aromatic carbocycles. The normalized spacial score (nSPS) is 15.7. The van der Waals surface area contributed by atoms with Crippen LogP contribution >= 0.6 is 23.4 Å². The Morgan fingerprint density at radius 2 is 1.81 bits per heavy atom. The van der Waals surface area contributed by atoms with Crippen LogP contribution in [-0.4, -0.2) is 33.2 Å². The molecule has 1 heterocycles. The molecule has 0 bridgehead atoms. The van der Waals surface area contributed by atoms with Crippen molar-refractivity contribution in [3.63, 3.8) is 0 Å². The summed E-state index contributed by atoms with van der Waals surface area (Å²) in [5.74, 6) is -0.150. The molecule has 3 aromatic rings. The number of halogens is 1. The van der Waals surface area contributed by atoms with Crippen molar-refractivity contribution < 1.29 is 17.9 Å². The minimum absolute atomic E-state index is 0.147. The van der Waals surface area contributed by atoms with E-state index in [0.29, 0.717) is 16.4 Å². The molecule has 0 fully saturated rings. The Bertz CT molecular complexity index is 1220. The highest BCUT2D eigenvalue weighted by molar-refractivity contribution is 7.99. The third-order valence-electron chi connectivity index (χ3n) is 4.60. The maximum absolute atomic E-state index is 13.0. The molecule has 31 heavy (non-hydrogen) atoms. The summed E-state index contributed by atoms with van der Waals surface area (Å²) in [5.41, 5.74) is 0.942. The van der Waals surface area contributed by atoms with E-state index in [1.165, 1.54) is 17.8 Å². The number of nitrogens with zero attached hydrogens (tertiary/aromatic N) is 1. The molecular weight excluding hydrogens is 456 g/mol. The van der Waals surface area contributed by atoms with Gasteiger partial charge >= 0.3 is 0 Å². The van der Waals surface area contributed by atoms with Gasteiger partial charge in [-0.05, 0) is 42.5 Å². The number of hydrogen-bond donors (Lipinski definition) is 1. The van der Waals surface area contributed by atoms with E-state index in [0.717, 1.165) is 20.4 Å². The number of nitrogens with one attached hydrogen (secondary N) is 1. The molecule has 0 spiro atoms. The molecule has 1 N–H and O–H groups in total. The Hall–Kier alpha value is -2.68. The zero-order valence-corrected chi connectivity index (χ0v) is 18.9. The second kappa shape index (κ2) is 8.82. The van der Waals surface area contributed by atoms with E-state index >= 15 is 0 Å². The first kappa shape index (κ1) is 21.5. The molecule has 1 atom stereocenters. The van der Waals surface area contributed by atoms with Gasteiger partial charge in [-0.1, -0.05) is 53.7 Å². The Balaban J connectivity index is 1.58. The van der Waals surface area contributed by atoms with Gasteiger partial charge in [-0.2, -0.15) is 0 Å². The predicted molar refractivity (Wildman–Crippen MR) is 124 cm³/mol. The van der Waals surface area contributed by atoms with Gasteiger partial charge in [-0.3, -0.25) is 9.10 Å². The van der Waals surface area contributed by atoms with E-state index in [-0.39, 0.29) is 12.3 Å². The molecule has 0 saturated carbocycles. The highest BCUT2D eigenvalue weighted by Gasteiger charge is 2.35. The quantitative estimate of drug-likeness (QED) is 0.582. The molecule has 1 aliphatic rings. The van der Waals surface area contributed by atoms with E-state index in [1.54, 1.807) is 18.2 Å². The molecule has 6 nitrogen and oxygen atoms in total. The molecule has 0 aliphatic carbocycles. The van der Waals surface area contributed by atoms with E-state index in [9.17, 15) is 13.2 Å². The molecule has 0 unspecified atom stereocenters. The summed E-state index contributed by atoms with van der Waals surface area (Å²) in [7, 11) is -3.63. The monoisotopic (exact) mass is 474 g/mol. The standard InChI is InChI=1S/C22H19ClN2O4S2/c1-31(27,28)25-14-20(29-19-12-11-15(23)13-18(19)25)22(26)24-17-9-5-6-10-21(17)30-16-7-3-2-4-8-16/h2-13,20H,14H2,1H3,(H,24,26)/t20-/m1/s1. The predicted octanol–water partition coefficient (Wildman–Crippen LogP) is 4.66. The van der Waals surface area contributed by atoms with Gasteiger partial charge in [0.1, 0.15) is 5.75 Å². The smallest absolute Gasteiger partial charge is 0.267 e. The number of amides is 1. The van der Waals surface area contributed by atoms with Crippen molar-refractivity contribution in [1.82, 2.24) is 0 Å². The summed E-state index contributed by atoms with van der Waals surface area (Å²) in [6, 6.07) is 21.9. The highest BCUT2D eigenvalue weighted by Crippen LogP contribution is 2.38. The zero-order chi connectivity index (χ0) is 22.0. The van der Waals surface area contributed by atoms with Crippen molar-refractivity contribution in [2.24, 2.45) is 0 Å². The maximum Gasteiger partial charge on any atom is 0.267 e. The Morgan fingerprint density at radius 3 is 2.55 bits per heavy atom. The first-order valence-electron chi connectivity index (χ1n) is 9.38. The van der Waals surface area contributed by atoms with Crippen LogP contribution in [0.15, 0.2) is 82.6 Å². The van der Waals surface area contributed by atoms with Gasteiger partial charge in [0.2, 0.25) is 10.0 Å². The van der Waals surface area contributed by atoms with Gasteiger partial charge in [0, 0.05) is 14.8 Å². The molecule has 0 saturated heterocycles. The van der Waals surface area contributed by atoms with Crippen LogP contribution in [0, 0.1) is 0 Å². The number of benzene rings is 3. The van der Waals surface area contributed by atoms with Crippen LogP contribution in [0.3, 0.4) is 0 Å².